The minimum Gasteiger partial charge on any atom is -0.478 e. The minimum atomic E-state index is -1.13. The summed E-state index contributed by atoms with van der Waals surface area (Å²) < 4.78 is 5.35. The molecule has 0 radical (unpaired) electrons. The number of hydrogen-bond donors (Lipinski definition) is 2. The van der Waals surface area contributed by atoms with E-state index < -0.39 is 18.0 Å². The molecule has 2 N–H and O–H groups in total. The molecule has 0 bridgehead atoms. The zero-order chi connectivity index (χ0) is 14.1. The number of carbonyl (C=O) groups excluding carboxylic acids is 1. The van der Waals surface area contributed by atoms with Crippen LogP contribution in [0.15, 0.2) is 30.6 Å². The molecule has 1 unspecified atom stereocenters. The van der Waals surface area contributed by atoms with E-state index in [2.05, 4.69) is 15.2 Å². The maximum atomic E-state index is 12.3. The number of nitrogens with one attached hydrogen (secondary N) is 1. The van der Waals surface area contributed by atoms with Crippen LogP contribution in [-0.4, -0.2) is 44.8 Å². The summed E-state index contributed by atoms with van der Waals surface area (Å²) in [5, 5.41) is 15.2. The van der Waals surface area contributed by atoms with Crippen molar-refractivity contribution in [1.82, 2.24) is 15.2 Å². The third-order valence-corrected chi connectivity index (χ3v) is 2.91. The topological polar surface area (TPSA) is 108 Å². The molecule has 0 spiro atoms. The van der Waals surface area contributed by atoms with Crippen LogP contribution in [-0.2, 0) is 4.79 Å². The zero-order valence-corrected chi connectivity index (χ0v) is 10.2. The van der Waals surface area contributed by atoms with Gasteiger partial charge in [0, 0.05) is 0 Å². The number of aliphatic carboxylic acids is 1. The SMILES string of the molecule is O=C(O)C1CN(C(=O)c2ncn[nH]2)c2ccccc2O1. The van der Waals surface area contributed by atoms with Crippen LogP contribution in [0.5, 0.6) is 5.75 Å². The van der Waals surface area contributed by atoms with E-state index in [0.29, 0.717) is 11.4 Å². The van der Waals surface area contributed by atoms with Gasteiger partial charge in [0.2, 0.25) is 11.9 Å². The first-order valence-electron chi connectivity index (χ1n) is 5.82. The molecular formula is C12H10N4O4. The van der Waals surface area contributed by atoms with E-state index in [1.54, 1.807) is 24.3 Å². The summed E-state index contributed by atoms with van der Waals surface area (Å²) in [6, 6.07) is 6.75. The Bertz CT molecular complexity index is 655. The maximum Gasteiger partial charge on any atom is 0.346 e. The van der Waals surface area contributed by atoms with Crippen molar-refractivity contribution in [1.29, 1.82) is 0 Å². The zero-order valence-electron chi connectivity index (χ0n) is 10.2. The predicted molar refractivity (Wildman–Crippen MR) is 66.6 cm³/mol. The van der Waals surface area contributed by atoms with Crippen molar-refractivity contribution in [2.75, 3.05) is 11.4 Å². The van der Waals surface area contributed by atoms with Crippen LogP contribution < -0.4 is 9.64 Å². The van der Waals surface area contributed by atoms with Gasteiger partial charge in [-0.05, 0) is 12.1 Å². The molecule has 1 aliphatic heterocycles. The molecule has 0 saturated heterocycles. The van der Waals surface area contributed by atoms with Crippen LogP contribution in [0.4, 0.5) is 5.69 Å². The van der Waals surface area contributed by atoms with Gasteiger partial charge in [0.25, 0.3) is 5.91 Å². The highest BCUT2D eigenvalue weighted by atomic mass is 16.5. The second kappa shape index (κ2) is 4.65. The number of carboxylic acids is 1. The third kappa shape index (κ3) is 1.96. The van der Waals surface area contributed by atoms with Gasteiger partial charge in [0.1, 0.15) is 12.1 Å². The lowest BCUT2D eigenvalue weighted by Gasteiger charge is -2.32. The number of rotatable bonds is 2. The van der Waals surface area contributed by atoms with Crippen LogP contribution in [0.2, 0.25) is 0 Å². The Labute approximate surface area is 113 Å². The number of amides is 1. The molecule has 0 aliphatic carbocycles. The van der Waals surface area contributed by atoms with E-state index in [-0.39, 0.29) is 12.4 Å². The normalized spacial score (nSPS) is 17.2. The summed E-state index contributed by atoms with van der Waals surface area (Å²) in [7, 11) is 0. The molecule has 0 saturated carbocycles. The molecule has 102 valence electrons. The van der Waals surface area contributed by atoms with Crippen molar-refractivity contribution in [2.45, 2.75) is 6.10 Å². The van der Waals surface area contributed by atoms with Gasteiger partial charge < -0.3 is 9.84 Å². The Kier molecular flexibility index (Phi) is 2.82. The van der Waals surface area contributed by atoms with Gasteiger partial charge in [0.05, 0.1) is 12.2 Å². The van der Waals surface area contributed by atoms with E-state index in [0.717, 1.165) is 0 Å². The number of fused-ring (bicyclic) bond motifs is 1. The molecule has 8 heteroatoms. The van der Waals surface area contributed by atoms with Gasteiger partial charge in [-0.15, -0.1) is 0 Å². The highest BCUT2D eigenvalue weighted by Crippen LogP contribution is 2.33. The van der Waals surface area contributed by atoms with Crippen LogP contribution in [0.25, 0.3) is 0 Å². The van der Waals surface area contributed by atoms with Crippen LogP contribution in [0.3, 0.4) is 0 Å². The molecule has 1 aromatic heterocycles. The molecule has 2 heterocycles. The fourth-order valence-corrected chi connectivity index (χ4v) is 1.99. The van der Waals surface area contributed by atoms with Gasteiger partial charge in [0.15, 0.2) is 0 Å². The van der Waals surface area contributed by atoms with Gasteiger partial charge in [-0.2, -0.15) is 5.10 Å². The Morgan fingerprint density at radius 2 is 2.20 bits per heavy atom. The summed E-state index contributed by atoms with van der Waals surface area (Å²) in [6.45, 7) is -0.0914. The van der Waals surface area contributed by atoms with E-state index in [1.165, 1.54) is 11.2 Å². The Morgan fingerprint density at radius 1 is 1.40 bits per heavy atom. The molecule has 1 aromatic carbocycles. The summed E-state index contributed by atoms with van der Waals surface area (Å²) in [4.78, 5) is 28.6. The number of carbonyl (C=O) groups is 2. The largest absolute Gasteiger partial charge is 0.478 e. The Morgan fingerprint density at radius 3 is 2.90 bits per heavy atom. The van der Waals surface area contributed by atoms with Crippen molar-refractivity contribution < 1.29 is 19.4 Å². The fourth-order valence-electron chi connectivity index (χ4n) is 1.99. The van der Waals surface area contributed by atoms with Crippen molar-refractivity contribution >= 4 is 17.6 Å². The molecule has 1 amide bonds. The van der Waals surface area contributed by atoms with Crippen LogP contribution in [0, 0.1) is 0 Å². The number of carboxylic acid groups (broad SMARTS) is 1. The lowest BCUT2D eigenvalue weighted by molar-refractivity contribution is -0.144. The summed E-state index contributed by atoms with van der Waals surface area (Å²) in [5.74, 6) is -1.19. The number of aromatic amines is 1. The first-order chi connectivity index (χ1) is 9.66. The molecule has 3 rings (SSSR count). The fraction of sp³-hybridized carbons (Fsp3) is 0.167. The molecule has 2 aromatic rings. The van der Waals surface area contributed by atoms with Crippen molar-refractivity contribution in [3.8, 4) is 5.75 Å². The average Bonchev–Trinajstić information content (AvgIpc) is 2.99. The second-order valence-electron chi connectivity index (χ2n) is 4.16. The average molecular weight is 274 g/mol. The highest BCUT2D eigenvalue weighted by molar-refractivity contribution is 6.05. The number of benzene rings is 1. The van der Waals surface area contributed by atoms with Gasteiger partial charge in [-0.1, -0.05) is 12.1 Å². The van der Waals surface area contributed by atoms with Gasteiger partial charge >= 0.3 is 5.97 Å². The number of anilines is 1. The number of para-hydroxylation sites is 2. The van der Waals surface area contributed by atoms with E-state index in [1.807, 2.05) is 0 Å². The molecular weight excluding hydrogens is 264 g/mol. The first-order valence-corrected chi connectivity index (χ1v) is 5.82. The van der Waals surface area contributed by atoms with Crippen LogP contribution in [0.1, 0.15) is 10.6 Å². The molecule has 1 atom stereocenters. The van der Waals surface area contributed by atoms with Crippen molar-refractivity contribution in [3.05, 3.63) is 36.4 Å². The number of ether oxygens (including phenoxy) is 1. The summed E-state index contributed by atoms with van der Waals surface area (Å²) >= 11 is 0. The van der Waals surface area contributed by atoms with Crippen molar-refractivity contribution in [2.24, 2.45) is 0 Å². The number of hydrogen-bond acceptors (Lipinski definition) is 5. The molecule has 20 heavy (non-hydrogen) atoms. The second-order valence-corrected chi connectivity index (χ2v) is 4.16. The number of aromatic nitrogens is 3. The summed E-state index contributed by atoms with van der Waals surface area (Å²) in [6.07, 6.45) is 0.102. The van der Waals surface area contributed by atoms with E-state index in [9.17, 15) is 9.59 Å². The lowest BCUT2D eigenvalue weighted by atomic mass is 10.2. The Balaban J connectivity index is 2.01. The maximum absolute atomic E-state index is 12.3. The lowest BCUT2D eigenvalue weighted by Crippen LogP contribution is -2.47. The highest BCUT2D eigenvalue weighted by Gasteiger charge is 2.34. The minimum absolute atomic E-state index is 0.0471. The smallest absolute Gasteiger partial charge is 0.346 e. The van der Waals surface area contributed by atoms with Gasteiger partial charge in [-0.25, -0.2) is 9.78 Å². The molecule has 1 aliphatic rings. The molecule has 8 nitrogen and oxygen atoms in total. The van der Waals surface area contributed by atoms with E-state index >= 15 is 0 Å². The van der Waals surface area contributed by atoms with Gasteiger partial charge in [-0.3, -0.25) is 14.8 Å². The third-order valence-electron chi connectivity index (χ3n) is 2.91. The van der Waals surface area contributed by atoms with E-state index in [4.69, 9.17) is 9.84 Å². The Hall–Kier alpha value is -2.90. The quantitative estimate of drug-likeness (QED) is 0.815. The number of nitrogens with zero attached hydrogens (tertiary/aromatic N) is 3. The standard InChI is InChI=1S/C12H10N4O4/c17-11(10-13-6-14-15-10)16-5-9(12(18)19)20-8-4-2-1-3-7(8)16/h1-4,6,9H,5H2,(H,18,19)(H,13,14,15). The monoisotopic (exact) mass is 274 g/mol. The molecule has 0 fully saturated rings. The number of H-pyrrole nitrogens is 1. The first kappa shape index (κ1) is 12.2. The predicted octanol–water partition coefficient (Wildman–Crippen LogP) is 0.297. The van der Waals surface area contributed by atoms with Crippen LogP contribution >= 0.6 is 0 Å². The van der Waals surface area contributed by atoms with Crippen molar-refractivity contribution in [3.63, 3.8) is 0 Å². The summed E-state index contributed by atoms with van der Waals surface area (Å²) in [5.41, 5.74) is 0.506.